The molecule has 2 rings (SSSR count). The molecule has 0 bridgehead atoms. The highest BCUT2D eigenvalue weighted by molar-refractivity contribution is 7.17. The standard InChI is InChI=1S/C15H25N3O2S/c1-5-18-8-6-11(7-9-18)17(4)15-16-12(10(2)3)13(21-15)14(19)20/h10-11H,5-9H2,1-4H3,(H,19,20). The lowest BCUT2D eigenvalue weighted by molar-refractivity contribution is 0.0700. The van der Waals surface area contributed by atoms with E-state index in [1.165, 1.54) is 11.3 Å². The third kappa shape index (κ3) is 3.55. The van der Waals surface area contributed by atoms with E-state index in [-0.39, 0.29) is 5.92 Å². The Morgan fingerprint density at radius 3 is 2.52 bits per heavy atom. The van der Waals surface area contributed by atoms with E-state index in [1.54, 1.807) is 0 Å². The molecule has 2 heterocycles. The third-order valence-corrected chi connectivity index (χ3v) is 5.39. The lowest BCUT2D eigenvalue weighted by Crippen LogP contribution is -2.43. The second-order valence-electron chi connectivity index (χ2n) is 5.95. The maximum Gasteiger partial charge on any atom is 0.347 e. The molecule has 0 spiro atoms. The van der Waals surface area contributed by atoms with Gasteiger partial charge in [-0.05, 0) is 25.3 Å². The smallest absolute Gasteiger partial charge is 0.347 e. The van der Waals surface area contributed by atoms with E-state index in [4.69, 9.17) is 0 Å². The summed E-state index contributed by atoms with van der Waals surface area (Å²) in [4.78, 5) is 21.0. The molecule has 0 unspecified atom stereocenters. The van der Waals surface area contributed by atoms with Gasteiger partial charge in [0.2, 0.25) is 0 Å². The van der Waals surface area contributed by atoms with Crippen LogP contribution >= 0.6 is 11.3 Å². The number of carboxylic acids is 1. The van der Waals surface area contributed by atoms with Crippen LogP contribution in [0.1, 0.15) is 54.9 Å². The summed E-state index contributed by atoms with van der Waals surface area (Å²) in [5.74, 6) is -0.729. The van der Waals surface area contributed by atoms with Crippen molar-refractivity contribution in [3.63, 3.8) is 0 Å². The molecule has 0 amide bonds. The van der Waals surface area contributed by atoms with Crippen molar-refractivity contribution in [3.8, 4) is 0 Å². The van der Waals surface area contributed by atoms with Gasteiger partial charge in [0, 0.05) is 26.2 Å². The molecular formula is C15H25N3O2S. The number of rotatable bonds is 5. The lowest BCUT2D eigenvalue weighted by atomic mass is 10.0. The van der Waals surface area contributed by atoms with E-state index < -0.39 is 5.97 Å². The number of aromatic nitrogens is 1. The Labute approximate surface area is 130 Å². The minimum absolute atomic E-state index is 0.136. The molecule has 1 aromatic heterocycles. The molecule has 5 nitrogen and oxygen atoms in total. The fourth-order valence-corrected chi connectivity index (χ4v) is 3.89. The third-order valence-electron chi connectivity index (χ3n) is 4.24. The predicted octanol–water partition coefficient (Wildman–Crippen LogP) is 2.89. The first-order chi connectivity index (χ1) is 9.93. The van der Waals surface area contributed by atoms with Crippen LogP contribution in [0.5, 0.6) is 0 Å². The van der Waals surface area contributed by atoms with Gasteiger partial charge in [0.15, 0.2) is 5.13 Å². The van der Waals surface area contributed by atoms with Gasteiger partial charge in [0.25, 0.3) is 0 Å². The van der Waals surface area contributed by atoms with Gasteiger partial charge in [0.1, 0.15) is 4.88 Å². The minimum atomic E-state index is -0.864. The van der Waals surface area contributed by atoms with Crippen LogP contribution in [0.4, 0.5) is 5.13 Å². The van der Waals surface area contributed by atoms with Crippen molar-refractivity contribution in [3.05, 3.63) is 10.6 Å². The molecule has 1 N–H and O–H groups in total. The molecule has 0 radical (unpaired) electrons. The average molecular weight is 311 g/mol. The number of carbonyl (C=O) groups is 1. The summed E-state index contributed by atoms with van der Waals surface area (Å²) >= 11 is 1.31. The fraction of sp³-hybridized carbons (Fsp3) is 0.733. The molecule has 118 valence electrons. The van der Waals surface area contributed by atoms with Crippen molar-refractivity contribution in [1.82, 2.24) is 9.88 Å². The quantitative estimate of drug-likeness (QED) is 0.906. The molecule has 1 fully saturated rings. The molecule has 1 saturated heterocycles. The summed E-state index contributed by atoms with van der Waals surface area (Å²) in [6.07, 6.45) is 2.23. The molecule has 0 saturated carbocycles. The van der Waals surface area contributed by atoms with Crippen LogP contribution in [0.15, 0.2) is 0 Å². The van der Waals surface area contributed by atoms with Gasteiger partial charge >= 0.3 is 5.97 Å². The molecule has 0 aliphatic carbocycles. The number of nitrogens with zero attached hydrogens (tertiary/aromatic N) is 3. The van der Waals surface area contributed by atoms with Crippen LogP contribution in [0, 0.1) is 0 Å². The Balaban J connectivity index is 2.14. The minimum Gasteiger partial charge on any atom is -0.477 e. The summed E-state index contributed by atoms with van der Waals surface area (Å²) in [5.41, 5.74) is 0.709. The van der Waals surface area contributed by atoms with E-state index in [0.29, 0.717) is 16.6 Å². The highest BCUT2D eigenvalue weighted by Gasteiger charge is 2.26. The van der Waals surface area contributed by atoms with Crippen LogP contribution in [0.3, 0.4) is 0 Å². The zero-order valence-electron chi connectivity index (χ0n) is 13.3. The Morgan fingerprint density at radius 2 is 2.10 bits per heavy atom. The van der Waals surface area contributed by atoms with Crippen molar-refractivity contribution < 1.29 is 9.90 Å². The molecule has 6 heteroatoms. The summed E-state index contributed by atoms with van der Waals surface area (Å²) in [7, 11) is 2.04. The van der Waals surface area contributed by atoms with Gasteiger partial charge in [0.05, 0.1) is 5.69 Å². The Bertz CT molecular complexity index is 493. The topological polar surface area (TPSA) is 56.7 Å². The Morgan fingerprint density at radius 1 is 1.48 bits per heavy atom. The van der Waals surface area contributed by atoms with Gasteiger partial charge in [-0.2, -0.15) is 0 Å². The van der Waals surface area contributed by atoms with Gasteiger partial charge in [-0.15, -0.1) is 0 Å². The van der Waals surface area contributed by atoms with Crippen LogP contribution < -0.4 is 4.90 Å². The van der Waals surface area contributed by atoms with E-state index in [9.17, 15) is 9.90 Å². The van der Waals surface area contributed by atoms with Gasteiger partial charge in [-0.3, -0.25) is 0 Å². The van der Waals surface area contributed by atoms with Gasteiger partial charge < -0.3 is 14.9 Å². The number of piperidine rings is 1. The summed E-state index contributed by atoms with van der Waals surface area (Å²) in [5, 5.41) is 10.2. The summed E-state index contributed by atoms with van der Waals surface area (Å²) < 4.78 is 0. The molecular weight excluding hydrogens is 286 g/mol. The largest absolute Gasteiger partial charge is 0.477 e. The van der Waals surface area contributed by atoms with Crippen molar-refractivity contribution >= 4 is 22.4 Å². The van der Waals surface area contributed by atoms with Crippen molar-refractivity contribution in [2.45, 2.75) is 45.6 Å². The molecule has 1 aliphatic rings. The normalized spacial score (nSPS) is 17.4. The average Bonchev–Trinajstić information content (AvgIpc) is 2.92. The van der Waals surface area contributed by atoms with E-state index >= 15 is 0 Å². The van der Waals surface area contributed by atoms with Crippen LogP contribution in [0.2, 0.25) is 0 Å². The monoisotopic (exact) mass is 311 g/mol. The predicted molar refractivity (Wildman–Crippen MR) is 86.7 cm³/mol. The Kier molecular flexibility index (Phi) is 5.22. The SMILES string of the molecule is CCN1CCC(N(C)c2nc(C(C)C)c(C(=O)O)s2)CC1. The number of anilines is 1. The molecule has 21 heavy (non-hydrogen) atoms. The second kappa shape index (κ2) is 6.75. The molecule has 0 aromatic carbocycles. The number of hydrogen-bond donors (Lipinski definition) is 1. The highest BCUT2D eigenvalue weighted by atomic mass is 32.1. The van der Waals surface area contributed by atoms with E-state index in [1.807, 2.05) is 20.9 Å². The van der Waals surface area contributed by atoms with Crippen LogP contribution in [-0.4, -0.2) is 53.7 Å². The number of thiazole rings is 1. The lowest BCUT2D eigenvalue weighted by Gasteiger charge is -2.36. The maximum atomic E-state index is 11.4. The summed E-state index contributed by atoms with van der Waals surface area (Å²) in [6, 6.07) is 0.459. The van der Waals surface area contributed by atoms with Crippen molar-refractivity contribution in [2.24, 2.45) is 0 Å². The number of hydrogen-bond acceptors (Lipinski definition) is 5. The molecule has 1 aromatic rings. The van der Waals surface area contributed by atoms with E-state index in [0.717, 1.165) is 37.6 Å². The van der Waals surface area contributed by atoms with Crippen molar-refractivity contribution in [1.29, 1.82) is 0 Å². The number of likely N-dealkylation sites (tertiary alicyclic amines) is 1. The second-order valence-corrected chi connectivity index (χ2v) is 6.92. The molecule has 1 aliphatic heterocycles. The van der Waals surface area contributed by atoms with E-state index in [2.05, 4.69) is 21.7 Å². The molecule has 0 atom stereocenters. The highest BCUT2D eigenvalue weighted by Crippen LogP contribution is 2.32. The maximum absolute atomic E-state index is 11.4. The first kappa shape index (κ1) is 16.2. The van der Waals surface area contributed by atoms with Crippen molar-refractivity contribution in [2.75, 3.05) is 31.6 Å². The zero-order chi connectivity index (χ0) is 15.6. The fourth-order valence-electron chi connectivity index (χ4n) is 2.79. The summed E-state index contributed by atoms with van der Waals surface area (Å²) in [6.45, 7) is 9.50. The van der Waals surface area contributed by atoms with Gasteiger partial charge in [-0.25, -0.2) is 9.78 Å². The number of aromatic carboxylic acids is 1. The zero-order valence-corrected chi connectivity index (χ0v) is 14.1. The first-order valence-electron chi connectivity index (χ1n) is 7.63. The first-order valence-corrected chi connectivity index (χ1v) is 8.44. The van der Waals surface area contributed by atoms with Crippen LogP contribution in [0.25, 0.3) is 0 Å². The van der Waals surface area contributed by atoms with Crippen LogP contribution in [-0.2, 0) is 0 Å². The number of carboxylic acid groups (broad SMARTS) is 1. The Hall–Kier alpha value is -1.14. The van der Waals surface area contributed by atoms with Gasteiger partial charge in [-0.1, -0.05) is 32.1 Å².